The molecule has 0 saturated heterocycles. The molecular formula is C15H22BrN. The van der Waals surface area contributed by atoms with Crippen LogP contribution in [-0.4, -0.2) is 12.1 Å². The number of nitrogens with one attached hydrogen (secondary N) is 1. The molecule has 1 unspecified atom stereocenters. The fourth-order valence-corrected chi connectivity index (χ4v) is 2.80. The Hall–Kier alpha value is -0.340. The van der Waals surface area contributed by atoms with Gasteiger partial charge in [0.1, 0.15) is 0 Å². The molecule has 0 amide bonds. The Morgan fingerprint density at radius 1 is 1.29 bits per heavy atom. The molecule has 2 rings (SSSR count). The predicted molar refractivity (Wildman–Crippen MR) is 77.4 cm³/mol. The Morgan fingerprint density at radius 2 is 1.94 bits per heavy atom. The lowest BCUT2D eigenvalue weighted by molar-refractivity contribution is 0.393. The van der Waals surface area contributed by atoms with Gasteiger partial charge >= 0.3 is 0 Å². The van der Waals surface area contributed by atoms with Crippen molar-refractivity contribution >= 4 is 15.9 Å². The van der Waals surface area contributed by atoms with E-state index in [0.29, 0.717) is 5.92 Å². The van der Waals surface area contributed by atoms with Gasteiger partial charge < -0.3 is 5.32 Å². The van der Waals surface area contributed by atoms with Crippen LogP contribution in [0.2, 0.25) is 0 Å². The summed E-state index contributed by atoms with van der Waals surface area (Å²) in [6.45, 7) is 7.78. The quantitative estimate of drug-likeness (QED) is 0.872. The van der Waals surface area contributed by atoms with Crippen LogP contribution in [0.1, 0.15) is 45.1 Å². The second kappa shape index (κ2) is 5.11. The maximum Gasteiger partial charge on any atom is 0.0210 e. The first-order valence-corrected chi connectivity index (χ1v) is 7.26. The molecule has 1 fully saturated rings. The van der Waals surface area contributed by atoms with Crippen LogP contribution in [0.4, 0.5) is 0 Å². The monoisotopic (exact) mass is 295 g/mol. The van der Waals surface area contributed by atoms with Gasteiger partial charge in [-0.3, -0.25) is 0 Å². The van der Waals surface area contributed by atoms with E-state index in [-0.39, 0.29) is 5.54 Å². The first kappa shape index (κ1) is 13.1. The molecule has 1 atom stereocenters. The zero-order valence-corrected chi connectivity index (χ0v) is 12.5. The van der Waals surface area contributed by atoms with E-state index in [0.717, 1.165) is 12.5 Å². The maximum atomic E-state index is 3.69. The van der Waals surface area contributed by atoms with Crippen molar-refractivity contribution in [2.24, 2.45) is 5.92 Å². The molecule has 1 aromatic rings. The average Bonchev–Trinajstić information content (AvgIpc) is 3.03. The third-order valence-electron chi connectivity index (χ3n) is 3.35. The van der Waals surface area contributed by atoms with Gasteiger partial charge in [0.2, 0.25) is 0 Å². The van der Waals surface area contributed by atoms with Crippen molar-refractivity contribution in [3.8, 4) is 0 Å². The summed E-state index contributed by atoms with van der Waals surface area (Å²) in [5.41, 5.74) is 1.67. The minimum Gasteiger partial charge on any atom is -0.311 e. The van der Waals surface area contributed by atoms with Crippen molar-refractivity contribution in [2.45, 2.75) is 45.1 Å². The van der Waals surface area contributed by atoms with Gasteiger partial charge in [-0.2, -0.15) is 0 Å². The van der Waals surface area contributed by atoms with Gasteiger partial charge in [0.25, 0.3) is 0 Å². The van der Waals surface area contributed by atoms with Crippen LogP contribution in [0.25, 0.3) is 0 Å². The van der Waals surface area contributed by atoms with E-state index in [1.807, 2.05) is 0 Å². The van der Waals surface area contributed by atoms with E-state index in [9.17, 15) is 0 Å². The highest BCUT2D eigenvalue weighted by molar-refractivity contribution is 9.10. The minimum atomic E-state index is 0.203. The number of hydrogen-bond donors (Lipinski definition) is 1. The van der Waals surface area contributed by atoms with Gasteiger partial charge in [-0.25, -0.2) is 0 Å². The lowest BCUT2D eigenvalue weighted by Crippen LogP contribution is -2.39. The SMILES string of the molecule is CC(C)(C)NCC(c1ccccc1Br)C1CC1. The normalized spacial score (nSPS) is 18.1. The van der Waals surface area contributed by atoms with Crippen molar-refractivity contribution in [2.75, 3.05) is 6.54 Å². The zero-order valence-electron chi connectivity index (χ0n) is 11.0. The standard InChI is InChI=1S/C15H22BrN/c1-15(2,3)17-10-13(11-8-9-11)12-6-4-5-7-14(12)16/h4-7,11,13,17H,8-10H2,1-3H3. The Kier molecular flexibility index (Phi) is 3.94. The Bertz CT molecular complexity index is 377. The molecule has 0 aliphatic heterocycles. The molecule has 17 heavy (non-hydrogen) atoms. The van der Waals surface area contributed by atoms with Gasteiger partial charge in [0, 0.05) is 22.5 Å². The lowest BCUT2D eigenvalue weighted by atomic mass is 9.93. The molecule has 0 spiro atoms. The fourth-order valence-electron chi connectivity index (χ4n) is 2.22. The molecule has 0 bridgehead atoms. The fraction of sp³-hybridized carbons (Fsp3) is 0.600. The summed E-state index contributed by atoms with van der Waals surface area (Å²) < 4.78 is 1.26. The van der Waals surface area contributed by atoms with Gasteiger partial charge in [-0.05, 0) is 51.2 Å². The largest absolute Gasteiger partial charge is 0.311 e. The van der Waals surface area contributed by atoms with E-state index in [1.165, 1.54) is 22.9 Å². The van der Waals surface area contributed by atoms with Crippen LogP contribution in [0.5, 0.6) is 0 Å². The third-order valence-corrected chi connectivity index (χ3v) is 4.07. The minimum absolute atomic E-state index is 0.203. The van der Waals surface area contributed by atoms with Gasteiger partial charge in [0.15, 0.2) is 0 Å². The molecule has 1 aliphatic rings. The van der Waals surface area contributed by atoms with Gasteiger partial charge in [-0.15, -0.1) is 0 Å². The second-order valence-corrected chi connectivity index (χ2v) is 6.95. The molecule has 1 aromatic carbocycles. The van der Waals surface area contributed by atoms with Crippen LogP contribution in [0, 0.1) is 5.92 Å². The molecule has 0 radical (unpaired) electrons. The van der Waals surface area contributed by atoms with Crippen molar-refractivity contribution in [1.82, 2.24) is 5.32 Å². The highest BCUT2D eigenvalue weighted by atomic mass is 79.9. The molecule has 1 nitrogen and oxygen atoms in total. The number of hydrogen-bond acceptors (Lipinski definition) is 1. The Labute approximate surface area is 113 Å². The number of rotatable bonds is 4. The summed E-state index contributed by atoms with van der Waals surface area (Å²) >= 11 is 3.69. The smallest absolute Gasteiger partial charge is 0.0210 e. The summed E-state index contributed by atoms with van der Waals surface area (Å²) in [6, 6.07) is 8.65. The van der Waals surface area contributed by atoms with E-state index < -0.39 is 0 Å². The number of benzene rings is 1. The lowest BCUT2D eigenvalue weighted by Gasteiger charge is -2.26. The highest BCUT2D eigenvalue weighted by Crippen LogP contribution is 2.44. The number of halogens is 1. The van der Waals surface area contributed by atoms with Crippen molar-refractivity contribution in [3.05, 3.63) is 34.3 Å². The molecular weight excluding hydrogens is 274 g/mol. The maximum absolute atomic E-state index is 3.69. The van der Waals surface area contributed by atoms with E-state index in [1.54, 1.807) is 0 Å². The predicted octanol–water partition coefficient (Wildman–Crippen LogP) is 4.33. The van der Waals surface area contributed by atoms with Crippen LogP contribution >= 0.6 is 15.9 Å². The van der Waals surface area contributed by atoms with Crippen LogP contribution in [-0.2, 0) is 0 Å². The van der Waals surface area contributed by atoms with E-state index >= 15 is 0 Å². The topological polar surface area (TPSA) is 12.0 Å². The molecule has 0 aromatic heterocycles. The summed E-state index contributed by atoms with van der Waals surface area (Å²) in [5.74, 6) is 1.54. The molecule has 2 heteroatoms. The zero-order chi connectivity index (χ0) is 12.5. The summed E-state index contributed by atoms with van der Waals surface area (Å²) in [4.78, 5) is 0. The summed E-state index contributed by atoms with van der Waals surface area (Å²) in [6.07, 6.45) is 2.77. The molecule has 1 aliphatic carbocycles. The van der Waals surface area contributed by atoms with E-state index in [2.05, 4.69) is 66.3 Å². The summed E-state index contributed by atoms with van der Waals surface area (Å²) in [5, 5.41) is 3.65. The van der Waals surface area contributed by atoms with Crippen molar-refractivity contribution < 1.29 is 0 Å². The first-order valence-electron chi connectivity index (χ1n) is 6.47. The Morgan fingerprint density at radius 3 is 2.47 bits per heavy atom. The van der Waals surface area contributed by atoms with E-state index in [4.69, 9.17) is 0 Å². The van der Waals surface area contributed by atoms with Gasteiger partial charge in [-0.1, -0.05) is 34.1 Å². The Balaban J connectivity index is 2.10. The van der Waals surface area contributed by atoms with Crippen molar-refractivity contribution in [3.63, 3.8) is 0 Å². The molecule has 94 valence electrons. The van der Waals surface area contributed by atoms with Crippen LogP contribution in [0.15, 0.2) is 28.7 Å². The molecule has 1 saturated carbocycles. The summed E-state index contributed by atoms with van der Waals surface area (Å²) in [7, 11) is 0. The first-order chi connectivity index (χ1) is 7.97. The molecule has 1 N–H and O–H groups in total. The second-order valence-electron chi connectivity index (χ2n) is 6.10. The third kappa shape index (κ3) is 3.82. The van der Waals surface area contributed by atoms with Crippen LogP contribution in [0.3, 0.4) is 0 Å². The average molecular weight is 296 g/mol. The highest BCUT2D eigenvalue weighted by Gasteiger charge is 2.33. The van der Waals surface area contributed by atoms with Crippen LogP contribution < -0.4 is 5.32 Å². The molecule has 0 heterocycles. The van der Waals surface area contributed by atoms with Gasteiger partial charge in [0.05, 0.1) is 0 Å². The van der Waals surface area contributed by atoms with Crippen molar-refractivity contribution in [1.29, 1.82) is 0 Å².